The Labute approximate surface area is 133 Å². The molecule has 3 rings (SSSR count). The van der Waals surface area contributed by atoms with E-state index in [1.165, 1.54) is 43.5 Å². The molecule has 0 aromatic heterocycles. The van der Waals surface area contributed by atoms with E-state index in [1.54, 1.807) is 0 Å². The van der Waals surface area contributed by atoms with E-state index >= 15 is 0 Å². The van der Waals surface area contributed by atoms with Crippen LogP contribution in [0.3, 0.4) is 0 Å². The Kier molecular flexibility index (Phi) is 4.85. The molecule has 2 aliphatic heterocycles. The number of fused-ring (bicyclic) bond motifs is 1. The third-order valence-corrected chi connectivity index (χ3v) is 5.32. The number of halogens is 1. The summed E-state index contributed by atoms with van der Waals surface area (Å²) in [7, 11) is 0. The van der Waals surface area contributed by atoms with Gasteiger partial charge in [0.25, 0.3) is 0 Å². The number of rotatable bonds is 3. The van der Waals surface area contributed by atoms with Crippen LogP contribution in [0.4, 0.5) is 0 Å². The predicted octanol–water partition coefficient (Wildman–Crippen LogP) is 2.82. The molecule has 4 heteroatoms. The van der Waals surface area contributed by atoms with Crippen molar-refractivity contribution in [2.45, 2.75) is 38.3 Å². The lowest BCUT2D eigenvalue weighted by molar-refractivity contribution is 0.176. The Morgan fingerprint density at radius 2 is 2.10 bits per heavy atom. The van der Waals surface area contributed by atoms with E-state index in [-0.39, 0.29) is 0 Å². The summed E-state index contributed by atoms with van der Waals surface area (Å²) in [6, 6.07) is 7.26. The molecule has 0 aliphatic carbocycles. The van der Waals surface area contributed by atoms with Gasteiger partial charge in [0.2, 0.25) is 0 Å². The summed E-state index contributed by atoms with van der Waals surface area (Å²) in [5.41, 5.74) is 8.74. The second-order valence-corrected chi connectivity index (χ2v) is 6.87. The van der Waals surface area contributed by atoms with Crippen LogP contribution in [0.5, 0.6) is 0 Å². The van der Waals surface area contributed by atoms with Crippen LogP contribution in [-0.4, -0.2) is 48.6 Å². The lowest BCUT2D eigenvalue weighted by Crippen LogP contribution is -2.40. The van der Waals surface area contributed by atoms with E-state index in [1.807, 2.05) is 6.07 Å². The third-order valence-electron chi connectivity index (χ3n) is 5.09. The highest BCUT2D eigenvalue weighted by molar-refractivity contribution is 6.30. The molecular formula is C17H26ClN3. The van der Waals surface area contributed by atoms with Crippen molar-refractivity contribution < 1.29 is 0 Å². The van der Waals surface area contributed by atoms with Crippen molar-refractivity contribution >= 4 is 11.6 Å². The van der Waals surface area contributed by atoms with Crippen LogP contribution in [0.2, 0.25) is 5.02 Å². The van der Waals surface area contributed by atoms with Gasteiger partial charge in [0, 0.05) is 36.7 Å². The first kappa shape index (κ1) is 15.3. The van der Waals surface area contributed by atoms with Crippen LogP contribution < -0.4 is 5.73 Å². The van der Waals surface area contributed by atoms with Crippen molar-refractivity contribution in [3.8, 4) is 0 Å². The molecular weight excluding hydrogens is 282 g/mol. The Hall–Kier alpha value is -0.610. The monoisotopic (exact) mass is 307 g/mol. The average molecular weight is 308 g/mol. The minimum absolute atomic E-state index is 0.322. The molecule has 116 valence electrons. The quantitative estimate of drug-likeness (QED) is 0.932. The van der Waals surface area contributed by atoms with Gasteiger partial charge in [-0.25, -0.2) is 0 Å². The molecule has 0 spiro atoms. The van der Waals surface area contributed by atoms with Gasteiger partial charge in [0.1, 0.15) is 0 Å². The number of aryl methyl sites for hydroxylation is 1. The van der Waals surface area contributed by atoms with Gasteiger partial charge in [0.15, 0.2) is 0 Å². The van der Waals surface area contributed by atoms with Gasteiger partial charge in [-0.1, -0.05) is 17.7 Å². The van der Waals surface area contributed by atoms with Gasteiger partial charge >= 0.3 is 0 Å². The molecule has 2 unspecified atom stereocenters. The number of nitrogens with zero attached hydrogens (tertiary/aromatic N) is 2. The molecule has 21 heavy (non-hydrogen) atoms. The fourth-order valence-electron chi connectivity index (χ4n) is 4.00. The standard InChI is InChI=1S/C17H26ClN3/c1-13-10-14(18)5-6-16(13)17(11-19)21-9-3-8-20-7-2-4-15(20)12-21/h5-6,10,15,17H,2-4,7-9,11-12,19H2,1H3. The minimum atomic E-state index is 0.322. The number of hydrogen-bond acceptors (Lipinski definition) is 3. The van der Waals surface area contributed by atoms with E-state index in [0.717, 1.165) is 24.2 Å². The SMILES string of the molecule is Cc1cc(Cl)ccc1C(CN)N1CCCN2CCCC2C1. The van der Waals surface area contributed by atoms with E-state index < -0.39 is 0 Å². The third kappa shape index (κ3) is 3.26. The summed E-state index contributed by atoms with van der Waals surface area (Å²) >= 11 is 6.10. The molecule has 1 aromatic carbocycles. The van der Waals surface area contributed by atoms with Crippen LogP contribution in [-0.2, 0) is 0 Å². The van der Waals surface area contributed by atoms with Gasteiger partial charge in [-0.2, -0.15) is 0 Å². The molecule has 0 amide bonds. The van der Waals surface area contributed by atoms with Gasteiger partial charge in [0.05, 0.1) is 0 Å². The van der Waals surface area contributed by atoms with E-state index in [9.17, 15) is 0 Å². The molecule has 0 radical (unpaired) electrons. The molecule has 2 atom stereocenters. The van der Waals surface area contributed by atoms with Crippen molar-refractivity contribution in [3.05, 3.63) is 34.3 Å². The van der Waals surface area contributed by atoms with Crippen molar-refractivity contribution in [2.24, 2.45) is 5.73 Å². The van der Waals surface area contributed by atoms with Gasteiger partial charge in [-0.05, 0) is 62.5 Å². The smallest absolute Gasteiger partial charge is 0.0473 e. The van der Waals surface area contributed by atoms with Gasteiger partial charge in [-0.3, -0.25) is 9.80 Å². The van der Waals surface area contributed by atoms with E-state index in [4.69, 9.17) is 17.3 Å². The highest BCUT2D eigenvalue weighted by Gasteiger charge is 2.31. The first-order valence-corrected chi connectivity index (χ1v) is 8.51. The first-order valence-electron chi connectivity index (χ1n) is 8.13. The summed E-state index contributed by atoms with van der Waals surface area (Å²) in [4.78, 5) is 5.27. The molecule has 0 saturated carbocycles. The Morgan fingerprint density at radius 1 is 1.29 bits per heavy atom. The van der Waals surface area contributed by atoms with Crippen LogP contribution in [0.15, 0.2) is 18.2 Å². The number of benzene rings is 1. The average Bonchev–Trinajstić information content (AvgIpc) is 2.80. The van der Waals surface area contributed by atoms with Crippen LogP contribution in [0.25, 0.3) is 0 Å². The summed E-state index contributed by atoms with van der Waals surface area (Å²) in [6.45, 7) is 7.66. The summed E-state index contributed by atoms with van der Waals surface area (Å²) < 4.78 is 0. The maximum absolute atomic E-state index is 6.14. The van der Waals surface area contributed by atoms with Crippen LogP contribution in [0.1, 0.15) is 36.4 Å². The van der Waals surface area contributed by atoms with Gasteiger partial charge in [-0.15, -0.1) is 0 Å². The number of nitrogens with two attached hydrogens (primary N) is 1. The van der Waals surface area contributed by atoms with Crippen molar-refractivity contribution in [1.29, 1.82) is 0 Å². The molecule has 2 fully saturated rings. The fourth-order valence-corrected chi connectivity index (χ4v) is 4.23. The van der Waals surface area contributed by atoms with Crippen molar-refractivity contribution in [2.75, 3.05) is 32.7 Å². The van der Waals surface area contributed by atoms with Crippen LogP contribution >= 0.6 is 11.6 Å². The Morgan fingerprint density at radius 3 is 2.86 bits per heavy atom. The Bertz CT molecular complexity index is 491. The zero-order valence-electron chi connectivity index (χ0n) is 12.9. The molecule has 2 saturated heterocycles. The largest absolute Gasteiger partial charge is 0.329 e. The van der Waals surface area contributed by atoms with Crippen LogP contribution in [0, 0.1) is 6.92 Å². The van der Waals surface area contributed by atoms with E-state index in [0.29, 0.717) is 12.6 Å². The Balaban J connectivity index is 1.81. The molecule has 3 nitrogen and oxygen atoms in total. The van der Waals surface area contributed by atoms with Crippen molar-refractivity contribution in [3.63, 3.8) is 0 Å². The topological polar surface area (TPSA) is 32.5 Å². The van der Waals surface area contributed by atoms with E-state index in [2.05, 4.69) is 28.9 Å². The fraction of sp³-hybridized carbons (Fsp3) is 0.647. The maximum atomic E-state index is 6.14. The molecule has 2 heterocycles. The minimum Gasteiger partial charge on any atom is -0.329 e. The highest BCUT2D eigenvalue weighted by atomic mass is 35.5. The normalized spacial score (nSPS) is 25.6. The molecule has 2 N–H and O–H groups in total. The number of hydrogen-bond donors (Lipinski definition) is 1. The maximum Gasteiger partial charge on any atom is 0.0473 e. The molecule has 2 aliphatic rings. The second-order valence-electron chi connectivity index (χ2n) is 6.43. The summed E-state index contributed by atoms with van der Waals surface area (Å²) in [5, 5.41) is 0.810. The second kappa shape index (κ2) is 6.66. The first-order chi connectivity index (χ1) is 10.2. The summed E-state index contributed by atoms with van der Waals surface area (Å²) in [6.07, 6.45) is 3.94. The zero-order valence-corrected chi connectivity index (χ0v) is 13.6. The molecule has 0 bridgehead atoms. The summed E-state index contributed by atoms with van der Waals surface area (Å²) in [5.74, 6) is 0. The lowest BCUT2D eigenvalue weighted by atomic mass is 9.99. The lowest BCUT2D eigenvalue weighted by Gasteiger charge is -2.33. The molecule has 1 aromatic rings. The highest BCUT2D eigenvalue weighted by Crippen LogP contribution is 2.29. The van der Waals surface area contributed by atoms with Crippen molar-refractivity contribution in [1.82, 2.24) is 9.80 Å². The zero-order chi connectivity index (χ0) is 14.8. The van der Waals surface area contributed by atoms with Gasteiger partial charge < -0.3 is 5.73 Å². The predicted molar refractivity (Wildman–Crippen MR) is 88.8 cm³/mol.